The SMILES string of the molecule is CCn1cc(-c2cc(C(F)(F)F)nc3sc(C(N)=O)c(NC(=O)c4ccnn4C(F)F)c23)c(C)n1. The molecule has 0 fully saturated rings. The van der Waals surface area contributed by atoms with Gasteiger partial charge in [0.15, 0.2) is 0 Å². The summed E-state index contributed by atoms with van der Waals surface area (Å²) in [6, 6.07) is 1.80. The first-order valence-electron chi connectivity index (χ1n) is 9.94. The Kier molecular flexibility index (Phi) is 6.04. The number of primary amides is 1. The molecule has 9 nitrogen and oxygen atoms in total. The first kappa shape index (κ1) is 24.3. The number of alkyl halides is 5. The summed E-state index contributed by atoms with van der Waals surface area (Å²) in [5, 5.41) is 9.98. The molecule has 0 bridgehead atoms. The zero-order valence-electron chi connectivity index (χ0n) is 18.0. The van der Waals surface area contributed by atoms with Crippen molar-refractivity contribution in [3.63, 3.8) is 0 Å². The Balaban J connectivity index is 2.00. The van der Waals surface area contributed by atoms with Crippen molar-refractivity contribution in [1.82, 2.24) is 24.5 Å². The van der Waals surface area contributed by atoms with E-state index in [9.17, 15) is 31.5 Å². The quantitative estimate of drug-likeness (QED) is 0.369. The van der Waals surface area contributed by atoms with E-state index < -0.39 is 35.9 Å². The number of fused-ring (bicyclic) bond motifs is 1. The molecule has 4 rings (SSSR count). The highest BCUT2D eigenvalue weighted by molar-refractivity contribution is 7.21. The van der Waals surface area contributed by atoms with E-state index in [1.54, 1.807) is 13.8 Å². The maximum absolute atomic E-state index is 13.6. The minimum atomic E-state index is -4.82. The van der Waals surface area contributed by atoms with Crippen LogP contribution in [0.15, 0.2) is 24.5 Å². The van der Waals surface area contributed by atoms with Crippen LogP contribution in [0.5, 0.6) is 0 Å². The van der Waals surface area contributed by atoms with E-state index in [2.05, 4.69) is 20.5 Å². The molecule has 4 aromatic heterocycles. The van der Waals surface area contributed by atoms with Crippen LogP contribution in [-0.2, 0) is 12.7 Å². The molecule has 0 unspecified atom stereocenters. The van der Waals surface area contributed by atoms with E-state index in [4.69, 9.17) is 5.73 Å². The van der Waals surface area contributed by atoms with Gasteiger partial charge in [-0.05, 0) is 31.5 Å². The fraction of sp³-hybridized carbons (Fsp3) is 0.250. The molecule has 184 valence electrons. The van der Waals surface area contributed by atoms with Crippen LogP contribution in [0, 0.1) is 6.92 Å². The summed E-state index contributed by atoms with van der Waals surface area (Å²) in [4.78, 5) is 28.1. The summed E-state index contributed by atoms with van der Waals surface area (Å²) in [5.74, 6) is -2.12. The Morgan fingerprint density at radius 3 is 2.54 bits per heavy atom. The molecule has 0 aliphatic carbocycles. The van der Waals surface area contributed by atoms with Crippen LogP contribution in [0.25, 0.3) is 21.3 Å². The number of pyridine rings is 1. The van der Waals surface area contributed by atoms with Gasteiger partial charge in [-0.15, -0.1) is 11.3 Å². The predicted molar refractivity (Wildman–Crippen MR) is 116 cm³/mol. The number of halogens is 5. The summed E-state index contributed by atoms with van der Waals surface area (Å²) in [5.41, 5.74) is 4.09. The third-order valence-corrected chi connectivity index (χ3v) is 6.16. The van der Waals surface area contributed by atoms with Crippen molar-refractivity contribution in [2.24, 2.45) is 5.73 Å². The second-order valence-electron chi connectivity index (χ2n) is 7.28. The smallest absolute Gasteiger partial charge is 0.365 e. The van der Waals surface area contributed by atoms with E-state index in [0.29, 0.717) is 29.1 Å². The van der Waals surface area contributed by atoms with Crippen molar-refractivity contribution < 1.29 is 31.5 Å². The molecule has 0 saturated carbocycles. The molecule has 2 amide bonds. The lowest BCUT2D eigenvalue weighted by atomic mass is 10.0. The van der Waals surface area contributed by atoms with Crippen molar-refractivity contribution in [3.8, 4) is 11.1 Å². The van der Waals surface area contributed by atoms with Crippen LogP contribution in [0.4, 0.5) is 27.6 Å². The van der Waals surface area contributed by atoms with Gasteiger partial charge in [0.2, 0.25) is 0 Å². The fourth-order valence-electron chi connectivity index (χ4n) is 3.52. The minimum absolute atomic E-state index is 0.00739. The van der Waals surface area contributed by atoms with Gasteiger partial charge in [0.05, 0.1) is 11.4 Å². The predicted octanol–water partition coefficient (Wildman–Crippen LogP) is 4.45. The van der Waals surface area contributed by atoms with Crippen molar-refractivity contribution in [1.29, 1.82) is 0 Å². The van der Waals surface area contributed by atoms with Crippen molar-refractivity contribution in [2.45, 2.75) is 33.1 Å². The van der Waals surface area contributed by atoms with Crippen molar-refractivity contribution >= 4 is 39.1 Å². The summed E-state index contributed by atoms with van der Waals surface area (Å²) in [6.07, 6.45) is -2.32. The van der Waals surface area contributed by atoms with Gasteiger partial charge in [-0.2, -0.15) is 36.8 Å². The number of hydrogen-bond acceptors (Lipinski definition) is 6. The van der Waals surface area contributed by atoms with Crippen LogP contribution >= 0.6 is 11.3 Å². The molecular formula is C20H16F5N7O2S. The van der Waals surface area contributed by atoms with Gasteiger partial charge in [-0.1, -0.05) is 0 Å². The average molecular weight is 513 g/mol. The molecule has 0 spiro atoms. The molecule has 0 aromatic carbocycles. The lowest BCUT2D eigenvalue weighted by Gasteiger charge is -2.12. The Morgan fingerprint density at radius 1 is 1.26 bits per heavy atom. The molecule has 4 heterocycles. The lowest BCUT2D eigenvalue weighted by molar-refractivity contribution is -0.140. The Bertz CT molecular complexity index is 1450. The van der Waals surface area contributed by atoms with Crippen LogP contribution in [-0.4, -0.2) is 36.4 Å². The van der Waals surface area contributed by atoms with Gasteiger partial charge in [-0.25, -0.2) is 4.98 Å². The van der Waals surface area contributed by atoms with Gasteiger partial charge < -0.3 is 11.1 Å². The third-order valence-electron chi connectivity index (χ3n) is 5.06. The fourth-order valence-corrected chi connectivity index (χ4v) is 4.53. The Hall–Kier alpha value is -3.88. The number of aromatic nitrogens is 5. The third kappa shape index (κ3) is 4.34. The van der Waals surface area contributed by atoms with Crippen molar-refractivity contribution in [3.05, 3.63) is 46.5 Å². The summed E-state index contributed by atoms with van der Waals surface area (Å²) < 4.78 is 69.0. The molecule has 0 atom stereocenters. The number of rotatable bonds is 6. The molecule has 4 aromatic rings. The number of hydrogen-bond donors (Lipinski definition) is 2. The lowest BCUT2D eigenvalue weighted by Crippen LogP contribution is -2.20. The van der Waals surface area contributed by atoms with Crippen LogP contribution in [0.3, 0.4) is 0 Å². The number of amides is 2. The van der Waals surface area contributed by atoms with E-state index in [1.165, 1.54) is 10.9 Å². The standard InChI is InChI=1S/C20H16F5N7O2S/c1-3-31-7-10(8(2)30-31)9-6-12(20(23,24)25)28-18-13(9)14(15(35-18)16(26)33)29-17(34)11-4-5-27-32(11)19(21)22/h4-7,19H,3H2,1-2H3,(H2,26,33)(H,29,34). The molecule has 35 heavy (non-hydrogen) atoms. The second kappa shape index (κ2) is 8.72. The highest BCUT2D eigenvalue weighted by Crippen LogP contribution is 2.44. The van der Waals surface area contributed by atoms with Gasteiger partial charge in [0.1, 0.15) is 21.1 Å². The number of nitrogens with one attached hydrogen (secondary N) is 1. The summed E-state index contributed by atoms with van der Waals surface area (Å²) in [6.45, 7) is 0.669. The zero-order chi connectivity index (χ0) is 25.7. The monoisotopic (exact) mass is 513 g/mol. The molecular weight excluding hydrogens is 497 g/mol. The summed E-state index contributed by atoms with van der Waals surface area (Å²) in [7, 11) is 0. The van der Waals surface area contributed by atoms with Crippen LogP contribution in [0.2, 0.25) is 0 Å². The van der Waals surface area contributed by atoms with Gasteiger partial charge in [0, 0.05) is 29.9 Å². The average Bonchev–Trinajstić information content (AvgIpc) is 3.49. The highest BCUT2D eigenvalue weighted by Gasteiger charge is 2.35. The number of carbonyl (C=O) groups excluding carboxylic acids is 2. The van der Waals surface area contributed by atoms with E-state index in [-0.39, 0.29) is 31.0 Å². The topological polar surface area (TPSA) is 121 Å². The number of nitrogens with zero attached hydrogens (tertiary/aromatic N) is 5. The second-order valence-corrected chi connectivity index (χ2v) is 8.28. The zero-order valence-corrected chi connectivity index (χ0v) is 18.8. The normalized spacial score (nSPS) is 12.0. The van der Waals surface area contributed by atoms with E-state index >= 15 is 0 Å². The van der Waals surface area contributed by atoms with Crippen LogP contribution < -0.4 is 11.1 Å². The number of thiophene rings is 1. The number of nitrogens with two attached hydrogens (primary N) is 1. The first-order chi connectivity index (χ1) is 16.4. The summed E-state index contributed by atoms with van der Waals surface area (Å²) >= 11 is 0.541. The van der Waals surface area contributed by atoms with Crippen LogP contribution in [0.1, 0.15) is 45.0 Å². The maximum Gasteiger partial charge on any atom is 0.433 e. The molecule has 0 saturated heterocycles. The molecule has 0 aliphatic heterocycles. The van der Waals surface area contributed by atoms with E-state index in [0.717, 1.165) is 18.3 Å². The molecule has 15 heteroatoms. The Labute approximate surface area is 197 Å². The molecule has 0 radical (unpaired) electrons. The van der Waals surface area contributed by atoms with Gasteiger partial charge in [0.25, 0.3) is 11.8 Å². The Morgan fingerprint density at radius 2 is 1.97 bits per heavy atom. The molecule has 3 N–H and O–H groups in total. The number of carbonyl (C=O) groups is 2. The van der Waals surface area contributed by atoms with Gasteiger partial charge in [-0.3, -0.25) is 14.3 Å². The maximum atomic E-state index is 13.6. The van der Waals surface area contributed by atoms with E-state index in [1.807, 2.05) is 0 Å². The minimum Gasteiger partial charge on any atom is -0.365 e. The van der Waals surface area contributed by atoms with Gasteiger partial charge >= 0.3 is 12.7 Å². The van der Waals surface area contributed by atoms with Crippen molar-refractivity contribution in [2.75, 3.05) is 5.32 Å². The first-order valence-corrected chi connectivity index (χ1v) is 10.8. The largest absolute Gasteiger partial charge is 0.433 e. The number of aryl methyl sites for hydroxylation is 2. The number of anilines is 1. The highest BCUT2D eigenvalue weighted by atomic mass is 32.1. The molecule has 0 aliphatic rings.